The predicted octanol–water partition coefficient (Wildman–Crippen LogP) is 7.04. The van der Waals surface area contributed by atoms with Gasteiger partial charge in [-0.1, -0.05) is 71.2 Å². The van der Waals surface area contributed by atoms with E-state index in [9.17, 15) is 4.79 Å². The Kier molecular flexibility index (Phi) is 5.27. The molecule has 0 fully saturated rings. The lowest BCUT2D eigenvalue weighted by Crippen LogP contribution is -2.10. The molecule has 5 heteroatoms. The van der Waals surface area contributed by atoms with Crippen LogP contribution in [-0.4, -0.2) is 11.0 Å². The standard InChI is InChI=1S/C24H17Cl2NO2/c1-14-6-8-16(9-7-14)21-13-19(18-5-3-4-15(2)23(18)27-21)24(28)29-22-11-10-17(25)12-20(22)26/h3-13H,1-2H3. The molecular weight excluding hydrogens is 405 g/mol. The van der Waals surface area contributed by atoms with Gasteiger partial charge in [0.25, 0.3) is 0 Å². The average molecular weight is 422 g/mol. The lowest BCUT2D eigenvalue weighted by atomic mass is 10.0. The summed E-state index contributed by atoms with van der Waals surface area (Å²) >= 11 is 12.1. The van der Waals surface area contributed by atoms with Crippen LogP contribution in [0.3, 0.4) is 0 Å². The van der Waals surface area contributed by atoms with E-state index in [-0.39, 0.29) is 10.8 Å². The van der Waals surface area contributed by atoms with Crippen LogP contribution in [0.4, 0.5) is 0 Å². The molecule has 3 nitrogen and oxygen atoms in total. The van der Waals surface area contributed by atoms with Crippen molar-refractivity contribution in [2.24, 2.45) is 0 Å². The molecule has 0 aliphatic rings. The smallest absolute Gasteiger partial charge is 0.344 e. The molecule has 1 aromatic heterocycles. The third-order valence-corrected chi connectivity index (χ3v) is 5.24. The van der Waals surface area contributed by atoms with Gasteiger partial charge in [0.1, 0.15) is 5.75 Å². The SMILES string of the molecule is Cc1ccc(-c2cc(C(=O)Oc3ccc(Cl)cc3Cl)c3cccc(C)c3n2)cc1. The molecule has 0 amide bonds. The second-order valence-corrected chi connectivity index (χ2v) is 7.70. The molecule has 0 aliphatic heterocycles. The van der Waals surface area contributed by atoms with Crippen molar-refractivity contribution in [3.63, 3.8) is 0 Å². The van der Waals surface area contributed by atoms with Crippen molar-refractivity contribution in [1.82, 2.24) is 4.98 Å². The fourth-order valence-corrected chi connectivity index (χ4v) is 3.59. The molecule has 0 spiro atoms. The number of para-hydroxylation sites is 1. The second kappa shape index (κ2) is 7.86. The Balaban J connectivity index is 1.84. The predicted molar refractivity (Wildman–Crippen MR) is 118 cm³/mol. The van der Waals surface area contributed by atoms with Crippen LogP contribution in [0.15, 0.2) is 66.7 Å². The molecule has 0 unspecified atom stereocenters. The van der Waals surface area contributed by atoms with Crippen molar-refractivity contribution in [3.05, 3.63) is 93.5 Å². The van der Waals surface area contributed by atoms with Gasteiger partial charge >= 0.3 is 5.97 Å². The second-order valence-electron chi connectivity index (χ2n) is 6.86. The molecule has 0 saturated carbocycles. The quantitative estimate of drug-likeness (QED) is 0.262. The number of ether oxygens (including phenoxy) is 1. The van der Waals surface area contributed by atoms with Gasteiger partial charge in [-0.15, -0.1) is 0 Å². The lowest BCUT2D eigenvalue weighted by molar-refractivity contribution is 0.0737. The summed E-state index contributed by atoms with van der Waals surface area (Å²) in [6.07, 6.45) is 0. The van der Waals surface area contributed by atoms with Crippen LogP contribution in [0.1, 0.15) is 21.5 Å². The van der Waals surface area contributed by atoms with Crippen molar-refractivity contribution in [2.45, 2.75) is 13.8 Å². The minimum Gasteiger partial charge on any atom is -0.421 e. The molecule has 3 aromatic carbocycles. The highest BCUT2D eigenvalue weighted by Gasteiger charge is 2.18. The van der Waals surface area contributed by atoms with E-state index in [1.165, 1.54) is 6.07 Å². The maximum atomic E-state index is 13.1. The van der Waals surface area contributed by atoms with Crippen molar-refractivity contribution in [3.8, 4) is 17.0 Å². The van der Waals surface area contributed by atoms with Crippen LogP contribution >= 0.6 is 23.2 Å². The van der Waals surface area contributed by atoms with E-state index in [0.29, 0.717) is 16.3 Å². The first-order chi connectivity index (χ1) is 13.9. The van der Waals surface area contributed by atoms with Gasteiger partial charge in [0.15, 0.2) is 0 Å². The molecule has 0 bridgehead atoms. The number of carbonyl (C=O) groups is 1. The number of fused-ring (bicyclic) bond motifs is 1. The summed E-state index contributed by atoms with van der Waals surface area (Å²) in [6, 6.07) is 20.3. The molecule has 4 rings (SSSR count). The Hall–Kier alpha value is -2.88. The van der Waals surface area contributed by atoms with Gasteiger partial charge in [0, 0.05) is 16.0 Å². The number of nitrogens with zero attached hydrogens (tertiary/aromatic N) is 1. The van der Waals surface area contributed by atoms with E-state index in [0.717, 1.165) is 27.6 Å². The third-order valence-electron chi connectivity index (χ3n) is 4.71. The molecule has 1 heterocycles. The number of esters is 1. The zero-order valence-electron chi connectivity index (χ0n) is 15.9. The van der Waals surface area contributed by atoms with Crippen molar-refractivity contribution in [1.29, 1.82) is 0 Å². The molecule has 29 heavy (non-hydrogen) atoms. The van der Waals surface area contributed by atoms with Crippen LogP contribution in [0, 0.1) is 13.8 Å². The van der Waals surface area contributed by atoms with Gasteiger partial charge < -0.3 is 4.74 Å². The molecule has 4 aromatic rings. The summed E-state index contributed by atoms with van der Waals surface area (Å²) in [5.74, 6) is -0.240. The van der Waals surface area contributed by atoms with E-state index in [2.05, 4.69) is 0 Å². The maximum absolute atomic E-state index is 13.1. The Bertz CT molecular complexity index is 1230. The van der Waals surface area contributed by atoms with Crippen molar-refractivity contribution < 1.29 is 9.53 Å². The summed E-state index contributed by atoms with van der Waals surface area (Å²) in [6.45, 7) is 4.00. The topological polar surface area (TPSA) is 39.2 Å². The van der Waals surface area contributed by atoms with Crippen molar-refractivity contribution >= 4 is 40.1 Å². The largest absolute Gasteiger partial charge is 0.421 e. The third kappa shape index (κ3) is 3.98. The highest BCUT2D eigenvalue weighted by atomic mass is 35.5. The van der Waals surface area contributed by atoms with Crippen LogP contribution in [-0.2, 0) is 0 Å². The summed E-state index contributed by atoms with van der Waals surface area (Å²) in [7, 11) is 0. The van der Waals surface area contributed by atoms with Gasteiger partial charge in [0.2, 0.25) is 0 Å². The first-order valence-electron chi connectivity index (χ1n) is 9.07. The van der Waals surface area contributed by atoms with E-state index in [4.69, 9.17) is 32.9 Å². The van der Waals surface area contributed by atoms with Crippen LogP contribution in [0.2, 0.25) is 10.0 Å². The lowest BCUT2D eigenvalue weighted by Gasteiger charge is -2.12. The number of aromatic nitrogens is 1. The number of rotatable bonds is 3. The minimum absolute atomic E-state index is 0.260. The highest BCUT2D eigenvalue weighted by molar-refractivity contribution is 6.35. The number of carbonyl (C=O) groups excluding carboxylic acids is 1. The number of hydrogen-bond acceptors (Lipinski definition) is 3. The monoisotopic (exact) mass is 421 g/mol. The number of aryl methyl sites for hydroxylation is 2. The Morgan fingerprint density at radius 2 is 1.69 bits per heavy atom. The molecular formula is C24H17Cl2NO2. The summed E-state index contributed by atoms with van der Waals surface area (Å²) < 4.78 is 5.59. The first kappa shape index (κ1) is 19.4. The normalized spacial score (nSPS) is 10.9. The summed E-state index contributed by atoms with van der Waals surface area (Å²) in [4.78, 5) is 17.9. The summed E-state index contributed by atoms with van der Waals surface area (Å²) in [5.41, 5.74) is 4.97. The van der Waals surface area contributed by atoms with E-state index < -0.39 is 5.97 Å². The molecule has 0 N–H and O–H groups in total. The Morgan fingerprint density at radius 1 is 0.931 bits per heavy atom. The molecule has 0 atom stereocenters. The maximum Gasteiger partial charge on any atom is 0.344 e. The zero-order valence-corrected chi connectivity index (χ0v) is 17.4. The molecule has 0 radical (unpaired) electrons. The Morgan fingerprint density at radius 3 is 2.41 bits per heavy atom. The zero-order chi connectivity index (χ0) is 20.5. The Labute approximate surface area is 178 Å². The number of hydrogen-bond donors (Lipinski definition) is 0. The molecule has 0 aliphatic carbocycles. The van der Waals surface area contributed by atoms with Gasteiger partial charge in [-0.3, -0.25) is 0 Å². The average Bonchev–Trinajstić information content (AvgIpc) is 2.70. The van der Waals surface area contributed by atoms with Gasteiger partial charge in [0.05, 0.1) is 21.8 Å². The summed E-state index contributed by atoms with van der Waals surface area (Å²) in [5, 5.41) is 1.48. The van der Waals surface area contributed by atoms with Gasteiger partial charge in [-0.25, -0.2) is 9.78 Å². The highest BCUT2D eigenvalue weighted by Crippen LogP contribution is 2.31. The fourth-order valence-electron chi connectivity index (χ4n) is 3.15. The van der Waals surface area contributed by atoms with Crippen LogP contribution < -0.4 is 4.74 Å². The van der Waals surface area contributed by atoms with Crippen molar-refractivity contribution in [2.75, 3.05) is 0 Å². The van der Waals surface area contributed by atoms with Crippen LogP contribution in [0.5, 0.6) is 5.75 Å². The first-order valence-corrected chi connectivity index (χ1v) is 9.82. The van der Waals surface area contributed by atoms with Gasteiger partial charge in [-0.2, -0.15) is 0 Å². The number of benzene rings is 3. The molecule has 144 valence electrons. The van der Waals surface area contributed by atoms with E-state index in [1.54, 1.807) is 18.2 Å². The molecule has 0 saturated heterocycles. The van der Waals surface area contributed by atoms with Gasteiger partial charge in [-0.05, 0) is 43.7 Å². The number of pyridine rings is 1. The van der Waals surface area contributed by atoms with Crippen LogP contribution in [0.25, 0.3) is 22.2 Å². The number of halogens is 2. The minimum atomic E-state index is -0.499. The van der Waals surface area contributed by atoms with E-state index in [1.807, 2.05) is 56.3 Å². The fraction of sp³-hybridized carbons (Fsp3) is 0.0833. The van der Waals surface area contributed by atoms with E-state index >= 15 is 0 Å².